The van der Waals surface area contributed by atoms with E-state index >= 15 is 0 Å². The molecular formula is C29H33F6NO7. The van der Waals surface area contributed by atoms with Crippen molar-refractivity contribution in [3.05, 3.63) is 70.3 Å². The first-order valence-corrected chi connectivity index (χ1v) is 13.0. The topological polar surface area (TPSA) is 108 Å². The molecule has 1 amide bonds. The molecule has 14 heteroatoms. The van der Waals surface area contributed by atoms with Crippen molar-refractivity contribution in [2.24, 2.45) is 0 Å². The van der Waals surface area contributed by atoms with Crippen LogP contribution in [-0.2, 0) is 41.4 Å². The lowest BCUT2D eigenvalue weighted by molar-refractivity contribution is -0.146. The lowest BCUT2D eigenvalue weighted by Gasteiger charge is -2.23. The Balaban J connectivity index is 0.000000453. The number of hydrogen-bond donors (Lipinski definition) is 1. The molecule has 0 radical (unpaired) electrons. The molecule has 0 unspecified atom stereocenters. The van der Waals surface area contributed by atoms with Crippen molar-refractivity contribution in [3.63, 3.8) is 0 Å². The zero-order valence-electron chi connectivity index (χ0n) is 24.3. The molecule has 0 aliphatic heterocycles. The molecule has 2 aromatic carbocycles. The smallest absolute Gasteiger partial charge is 0.407 e. The molecule has 0 saturated heterocycles. The second kappa shape index (κ2) is 17.1. The highest BCUT2D eigenvalue weighted by molar-refractivity contribution is 5.96. The second-order valence-corrected chi connectivity index (χ2v) is 9.97. The predicted octanol–water partition coefficient (Wildman–Crippen LogP) is 5.66. The van der Waals surface area contributed by atoms with Gasteiger partial charge < -0.3 is 19.5 Å². The van der Waals surface area contributed by atoms with E-state index < -0.39 is 83.2 Å². The van der Waals surface area contributed by atoms with E-state index in [0.29, 0.717) is 24.3 Å². The van der Waals surface area contributed by atoms with Crippen LogP contribution in [0.25, 0.3) is 0 Å². The molecule has 0 aliphatic rings. The Hall–Kier alpha value is -4.10. The Bertz CT molecular complexity index is 1300. The van der Waals surface area contributed by atoms with Crippen LogP contribution >= 0.6 is 0 Å². The molecule has 1 N–H and O–H groups in total. The number of ether oxygens (including phenoxy) is 3. The Kier molecular flexibility index (Phi) is 14.7. The fraction of sp³-hybridized carbons (Fsp3) is 0.448. The van der Waals surface area contributed by atoms with Gasteiger partial charge in [-0.25, -0.2) is 31.1 Å². The molecule has 2 aromatic rings. The van der Waals surface area contributed by atoms with Crippen LogP contribution in [0.1, 0.15) is 58.6 Å². The van der Waals surface area contributed by atoms with Crippen LogP contribution in [0.4, 0.5) is 31.1 Å². The van der Waals surface area contributed by atoms with E-state index in [1.807, 2.05) is 0 Å². The number of ketones is 1. The van der Waals surface area contributed by atoms with Gasteiger partial charge in [0.15, 0.2) is 23.3 Å². The molecule has 43 heavy (non-hydrogen) atoms. The second-order valence-electron chi connectivity index (χ2n) is 9.97. The van der Waals surface area contributed by atoms with Crippen molar-refractivity contribution in [3.8, 4) is 0 Å². The van der Waals surface area contributed by atoms with Crippen LogP contribution < -0.4 is 5.32 Å². The van der Waals surface area contributed by atoms with Crippen molar-refractivity contribution in [2.45, 2.75) is 71.9 Å². The number of alkyl carbamates (subject to hydrolysis) is 1. The van der Waals surface area contributed by atoms with Gasteiger partial charge in [-0.3, -0.25) is 14.4 Å². The van der Waals surface area contributed by atoms with Gasteiger partial charge >= 0.3 is 18.0 Å². The number of hydrogen-bond acceptors (Lipinski definition) is 7. The number of halogens is 6. The molecule has 0 bridgehead atoms. The van der Waals surface area contributed by atoms with Gasteiger partial charge in [0.25, 0.3) is 0 Å². The van der Waals surface area contributed by atoms with Crippen molar-refractivity contribution in [1.82, 2.24) is 5.32 Å². The standard InChI is InChI=1S/C17H22F3NO4.C12H11F3O3/c1-5-24-15(22)8-11(21-16(23)25-17(2,3)4)6-10-7-13(19)14(20)9-12(10)18;1-2-18-12(17)5-8(16)3-7-4-10(14)11(15)6-9(7)13/h7,9,11H,5-6,8H2,1-4H3,(H,21,23);4,6H,2-3,5H2,1H3/t11-;/m1./s1. The summed E-state index contributed by atoms with van der Waals surface area (Å²) in [4.78, 5) is 45.9. The fourth-order valence-corrected chi connectivity index (χ4v) is 3.40. The molecule has 0 heterocycles. The summed E-state index contributed by atoms with van der Waals surface area (Å²) in [7, 11) is 0. The summed E-state index contributed by atoms with van der Waals surface area (Å²) >= 11 is 0. The summed E-state index contributed by atoms with van der Waals surface area (Å²) in [6, 6.07) is 1.17. The molecular weight excluding hydrogens is 588 g/mol. The highest BCUT2D eigenvalue weighted by Crippen LogP contribution is 2.18. The van der Waals surface area contributed by atoms with Gasteiger partial charge in [0.05, 0.1) is 19.6 Å². The monoisotopic (exact) mass is 621 g/mol. The van der Waals surface area contributed by atoms with Gasteiger partial charge in [-0.15, -0.1) is 0 Å². The number of carbonyl (C=O) groups excluding carboxylic acids is 4. The van der Waals surface area contributed by atoms with Crippen LogP contribution in [0.15, 0.2) is 24.3 Å². The SMILES string of the molecule is CCOC(=O)CC(=O)Cc1cc(F)c(F)cc1F.CCOC(=O)C[C@@H](Cc1cc(F)c(F)cc1F)NC(=O)OC(C)(C)C. The van der Waals surface area contributed by atoms with Gasteiger partial charge in [-0.1, -0.05) is 0 Å². The molecule has 2 rings (SSSR count). The Labute approximate surface area is 244 Å². The maximum Gasteiger partial charge on any atom is 0.407 e. The van der Waals surface area contributed by atoms with Crippen molar-refractivity contribution in [2.75, 3.05) is 13.2 Å². The fourth-order valence-electron chi connectivity index (χ4n) is 3.40. The normalized spacial score (nSPS) is 11.5. The number of amides is 1. The van der Waals surface area contributed by atoms with E-state index in [-0.39, 0.29) is 37.2 Å². The van der Waals surface area contributed by atoms with Crippen LogP contribution in [0.5, 0.6) is 0 Å². The Morgan fingerprint density at radius 3 is 1.70 bits per heavy atom. The maximum atomic E-state index is 13.8. The van der Waals surface area contributed by atoms with Gasteiger partial charge in [0.2, 0.25) is 0 Å². The van der Waals surface area contributed by atoms with Crippen molar-refractivity contribution in [1.29, 1.82) is 0 Å². The first-order chi connectivity index (χ1) is 19.9. The average Bonchev–Trinajstić information content (AvgIpc) is 2.85. The number of rotatable bonds is 11. The zero-order chi connectivity index (χ0) is 32.9. The van der Waals surface area contributed by atoms with Crippen LogP contribution in [0.2, 0.25) is 0 Å². The number of carbonyl (C=O) groups is 4. The minimum Gasteiger partial charge on any atom is -0.466 e. The number of benzene rings is 2. The molecule has 0 aliphatic carbocycles. The van der Waals surface area contributed by atoms with E-state index in [1.54, 1.807) is 34.6 Å². The largest absolute Gasteiger partial charge is 0.466 e. The molecule has 1 atom stereocenters. The lowest BCUT2D eigenvalue weighted by Crippen LogP contribution is -2.41. The first-order valence-electron chi connectivity index (χ1n) is 13.0. The van der Waals surface area contributed by atoms with Gasteiger partial charge in [-0.2, -0.15) is 0 Å². The Morgan fingerprint density at radius 1 is 0.721 bits per heavy atom. The minimum atomic E-state index is -1.32. The summed E-state index contributed by atoms with van der Waals surface area (Å²) in [5, 5.41) is 2.43. The predicted molar refractivity (Wildman–Crippen MR) is 141 cm³/mol. The molecule has 0 saturated carbocycles. The van der Waals surface area contributed by atoms with E-state index in [0.717, 1.165) is 0 Å². The van der Waals surface area contributed by atoms with Gasteiger partial charge in [0.1, 0.15) is 29.4 Å². The molecule has 0 spiro atoms. The van der Waals surface area contributed by atoms with Crippen LogP contribution in [0, 0.1) is 34.9 Å². The maximum absolute atomic E-state index is 13.8. The van der Waals surface area contributed by atoms with E-state index in [2.05, 4.69) is 10.1 Å². The van der Waals surface area contributed by atoms with Crippen molar-refractivity contribution < 1.29 is 59.7 Å². The molecule has 8 nitrogen and oxygen atoms in total. The van der Waals surface area contributed by atoms with Gasteiger partial charge in [0, 0.05) is 24.6 Å². The quantitative estimate of drug-likeness (QED) is 0.113. The summed E-state index contributed by atoms with van der Waals surface area (Å²) in [6.45, 7) is 8.43. The first kappa shape index (κ1) is 36.9. The third-order valence-corrected chi connectivity index (χ3v) is 5.12. The highest BCUT2D eigenvalue weighted by Gasteiger charge is 2.24. The molecule has 0 fully saturated rings. The molecule has 0 aromatic heterocycles. The summed E-state index contributed by atoms with van der Waals surface area (Å²) in [6.07, 6.45) is -2.33. The number of nitrogens with one attached hydrogen (secondary N) is 1. The Morgan fingerprint density at radius 2 is 1.19 bits per heavy atom. The zero-order valence-corrected chi connectivity index (χ0v) is 24.3. The van der Waals surface area contributed by atoms with E-state index in [1.165, 1.54) is 0 Å². The van der Waals surface area contributed by atoms with Crippen molar-refractivity contribution >= 4 is 23.8 Å². The molecule has 238 valence electrons. The third kappa shape index (κ3) is 14.1. The van der Waals surface area contributed by atoms with Gasteiger partial charge in [-0.05, 0) is 64.3 Å². The van der Waals surface area contributed by atoms with E-state index in [9.17, 15) is 45.5 Å². The summed E-state index contributed by atoms with van der Waals surface area (Å²) in [5.74, 6) is -9.07. The summed E-state index contributed by atoms with van der Waals surface area (Å²) in [5.41, 5.74) is -1.24. The number of Topliss-reactive ketones (excluding diaryl/α,β-unsaturated/α-hetero) is 1. The van der Waals surface area contributed by atoms with Crippen LogP contribution in [-0.4, -0.2) is 48.7 Å². The van der Waals surface area contributed by atoms with Crippen LogP contribution in [0.3, 0.4) is 0 Å². The summed E-state index contributed by atoms with van der Waals surface area (Å²) < 4.78 is 93.3. The average molecular weight is 622 g/mol. The highest BCUT2D eigenvalue weighted by atomic mass is 19.2. The minimum absolute atomic E-state index is 0.131. The lowest BCUT2D eigenvalue weighted by atomic mass is 10.0. The van der Waals surface area contributed by atoms with E-state index in [4.69, 9.17) is 9.47 Å². The third-order valence-electron chi connectivity index (χ3n) is 5.12. The number of esters is 2.